The molecule has 1 aromatic rings. The predicted octanol–water partition coefficient (Wildman–Crippen LogP) is -0.437. The minimum Gasteiger partial charge on any atom is -0.379 e. The van der Waals surface area contributed by atoms with E-state index in [-0.39, 0.29) is 40.8 Å². The fourth-order valence-electron chi connectivity index (χ4n) is 3.20. The molecule has 0 aliphatic carbocycles. The van der Waals surface area contributed by atoms with Gasteiger partial charge in [0.25, 0.3) is 0 Å². The van der Waals surface area contributed by atoms with Crippen LogP contribution >= 0.6 is 0 Å². The predicted molar refractivity (Wildman–Crippen MR) is 98.0 cm³/mol. The second kappa shape index (κ2) is 7.08. The summed E-state index contributed by atoms with van der Waals surface area (Å²) in [6.45, 7) is 2.67. The van der Waals surface area contributed by atoms with E-state index in [2.05, 4.69) is 4.72 Å². The van der Waals surface area contributed by atoms with Crippen molar-refractivity contribution in [1.82, 2.24) is 9.03 Å². The molecule has 2 fully saturated rings. The first kappa shape index (κ1) is 20.7. The summed E-state index contributed by atoms with van der Waals surface area (Å²) >= 11 is 0. The van der Waals surface area contributed by atoms with E-state index in [1.807, 2.05) is 0 Å². The number of hydrogen-bond acceptors (Lipinski definition) is 7. The van der Waals surface area contributed by atoms with Crippen molar-refractivity contribution in [3.8, 4) is 0 Å². The number of hydrogen-bond donors (Lipinski definition) is 1. The molecular weight excluding hydrogens is 416 g/mol. The molecule has 2 heterocycles. The molecule has 0 spiro atoms. The Balaban J connectivity index is 1.80. The molecule has 27 heavy (non-hydrogen) atoms. The fraction of sp³-hybridized carbons (Fsp3) is 0.600. The number of nitrogens with one attached hydrogen (secondary N) is 1. The smallest absolute Gasteiger partial charge is 0.243 e. The minimum atomic E-state index is -3.98. The van der Waals surface area contributed by atoms with Gasteiger partial charge in [0.15, 0.2) is 9.84 Å². The minimum absolute atomic E-state index is 0.00185. The maximum Gasteiger partial charge on any atom is 0.243 e. The maximum absolute atomic E-state index is 12.6. The maximum atomic E-state index is 12.6. The number of sulfone groups is 1. The van der Waals surface area contributed by atoms with Crippen LogP contribution in [0.25, 0.3) is 0 Å². The molecule has 1 atom stereocenters. The molecule has 0 aromatic heterocycles. The van der Waals surface area contributed by atoms with E-state index in [0.29, 0.717) is 13.2 Å². The van der Waals surface area contributed by atoms with Gasteiger partial charge in [-0.05, 0) is 37.6 Å². The summed E-state index contributed by atoms with van der Waals surface area (Å²) in [5.74, 6) is -0.328. The third-order valence-electron chi connectivity index (χ3n) is 4.63. The van der Waals surface area contributed by atoms with E-state index in [1.165, 1.54) is 28.6 Å². The second-order valence-corrected chi connectivity index (χ2v) is 12.8. The summed E-state index contributed by atoms with van der Waals surface area (Å²) in [6.07, 6.45) is 0.193. The summed E-state index contributed by atoms with van der Waals surface area (Å²) in [5, 5.41) is 0. The summed E-state index contributed by atoms with van der Waals surface area (Å²) in [7, 11) is -11.0. The Bertz CT molecular complexity index is 1010. The Morgan fingerprint density at radius 1 is 1.04 bits per heavy atom. The van der Waals surface area contributed by atoms with E-state index >= 15 is 0 Å². The molecule has 1 aromatic carbocycles. The van der Waals surface area contributed by atoms with E-state index in [0.717, 1.165) is 0 Å². The summed E-state index contributed by atoms with van der Waals surface area (Å²) < 4.78 is 82.5. The number of benzene rings is 1. The lowest BCUT2D eigenvalue weighted by molar-refractivity contribution is 0.0730. The zero-order valence-corrected chi connectivity index (χ0v) is 17.2. The van der Waals surface area contributed by atoms with E-state index in [4.69, 9.17) is 4.74 Å². The topological polar surface area (TPSA) is 127 Å². The van der Waals surface area contributed by atoms with Crippen molar-refractivity contribution >= 4 is 29.9 Å². The Morgan fingerprint density at radius 2 is 1.59 bits per heavy atom. The first-order valence-corrected chi connectivity index (χ1v) is 13.1. The average Bonchev–Trinajstić information content (AvgIpc) is 2.88. The number of rotatable bonds is 5. The van der Waals surface area contributed by atoms with Crippen molar-refractivity contribution in [3.63, 3.8) is 0 Å². The molecule has 3 rings (SSSR count). The average molecular weight is 439 g/mol. The summed E-state index contributed by atoms with van der Waals surface area (Å²) in [4.78, 5) is -0.119. The van der Waals surface area contributed by atoms with E-state index < -0.39 is 35.4 Å². The van der Waals surface area contributed by atoms with Crippen LogP contribution in [0.5, 0.6) is 0 Å². The van der Waals surface area contributed by atoms with Crippen molar-refractivity contribution in [1.29, 1.82) is 0 Å². The van der Waals surface area contributed by atoms with Gasteiger partial charge in [-0.15, -0.1) is 0 Å². The normalized spacial score (nSPS) is 26.9. The van der Waals surface area contributed by atoms with Crippen molar-refractivity contribution in [3.05, 3.63) is 24.3 Å². The number of ether oxygens (including phenoxy) is 1. The highest BCUT2D eigenvalue weighted by atomic mass is 32.2. The molecule has 2 aliphatic heterocycles. The van der Waals surface area contributed by atoms with Crippen LogP contribution in [0.1, 0.15) is 13.3 Å². The molecule has 2 saturated heterocycles. The molecule has 152 valence electrons. The van der Waals surface area contributed by atoms with Crippen molar-refractivity contribution in [2.45, 2.75) is 28.7 Å². The molecule has 2 aliphatic rings. The van der Waals surface area contributed by atoms with Crippen molar-refractivity contribution in [2.75, 3.05) is 37.8 Å². The van der Waals surface area contributed by atoms with Gasteiger partial charge in [-0.1, -0.05) is 0 Å². The first-order valence-electron chi connectivity index (χ1n) is 8.36. The molecule has 1 unspecified atom stereocenters. The van der Waals surface area contributed by atoms with Gasteiger partial charge in [-0.2, -0.15) is 4.31 Å². The molecule has 0 radical (unpaired) electrons. The van der Waals surface area contributed by atoms with Crippen molar-refractivity contribution < 1.29 is 30.0 Å². The lowest BCUT2D eigenvalue weighted by Crippen LogP contribution is -2.46. The van der Waals surface area contributed by atoms with Gasteiger partial charge in [-0.3, -0.25) is 0 Å². The third kappa shape index (κ3) is 4.51. The van der Waals surface area contributed by atoms with Gasteiger partial charge in [0.2, 0.25) is 20.0 Å². The van der Waals surface area contributed by atoms with E-state index in [9.17, 15) is 25.3 Å². The Labute approximate surface area is 159 Å². The second-order valence-electron chi connectivity index (χ2n) is 7.00. The monoisotopic (exact) mass is 438 g/mol. The fourth-order valence-corrected chi connectivity index (χ4v) is 8.23. The quantitative estimate of drug-likeness (QED) is 0.660. The molecule has 1 N–H and O–H groups in total. The molecule has 12 heteroatoms. The van der Waals surface area contributed by atoms with Gasteiger partial charge in [0.1, 0.15) is 0 Å². The Hall–Kier alpha value is -1.05. The highest BCUT2D eigenvalue weighted by molar-refractivity contribution is 7.92. The van der Waals surface area contributed by atoms with Crippen LogP contribution in [0, 0.1) is 0 Å². The van der Waals surface area contributed by atoms with Gasteiger partial charge in [-0.25, -0.2) is 30.0 Å². The third-order valence-corrected chi connectivity index (χ3v) is 10.1. The first-order chi connectivity index (χ1) is 12.4. The van der Waals surface area contributed by atoms with E-state index in [1.54, 1.807) is 6.92 Å². The lowest BCUT2D eigenvalue weighted by Gasteiger charge is -2.26. The molecule has 0 amide bonds. The zero-order valence-electron chi connectivity index (χ0n) is 14.8. The van der Waals surface area contributed by atoms with Crippen LogP contribution in [-0.2, 0) is 34.6 Å². The van der Waals surface area contributed by atoms with Crippen LogP contribution in [-0.4, -0.2) is 72.9 Å². The molecule has 9 nitrogen and oxygen atoms in total. The highest BCUT2D eigenvalue weighted by Gasteiger charge is 2.41. The van der Waals surface area contributed by atoms with Gasteiger partial charge >= 0.3 is 0 Å². The molecular formula is C15H22N2O7S3. The largest absolute Gasteiger partial charge is 0.379 e. The van der Waals surface area contributed by atoms with Crippen LogP contribution < -0.4 is 4.72 Å². The molecule has 0 bridgehead atoms. The standard InChI is InChI=1S/C15H22N2O7S3/c1-15(6-11-25(18,19)12-15)16-26(20,21)13-2-4-14(5-3-13)27(22,23)17-7-9-24-10-8-17/h2-5,16H,6-12H2,1H3. The van der Waals surface area contributed by atoms with Gasteiger partial charge < -0.3 is 4.74 Å². The van der Waals surface area contributed by atoms with Gasteiger partial charge in [0.05, 0.1) is 34.5 Å². The van der Waals surface area contributed by atoms with Crippen LogP contribution in [0.4, 0.5) is 0 Å². The van der Waals surface area contributed by atoms with Crippen molar-refractivity contribution in [2.24, 2.45) is 0 Å². The summed E-state index contributed by atoms with van der Waals surface area (Å²) in [6, 6.07) is 4.91. The summed E-state index contributed by atoms with van der Waals surface area (Å²) in [5.41, 5.74) is -1.07. The number of nitrogens with zero attached hydrogens (tertiary/aromatic N) is 1. The lowest BCUT2D eigenvalue weighted by atomic mass is 10.0. The highest BCUT2D eigenvalue weighted by Crippen LogP contribution is 2.26. The van der Waals surface area contributed by atoms with Crippen LogP contribution in [0.2, 0.25) is 0 Å². The molecule has 0 saturated carbocycles. The SMILES string of the molecule is CC1(NS(=O)(=O)c2ccc(S(=O)(=O)N3CCOCC3)cc2)CCS(=O)(=O)C1. The number of sulfonamides is 2. The Kier molecular flexibility index (Phi) is 5.42. The van der Waals surface area contributed by atoms with Crippen LogP contribution in [0.15, 0.2) is 34.1 Å². The zero-order chi connectivity index (χ0) is 19.9. The Morgan fingerprint density at radius 3 is 2.11 bits per heavy atom. The van der Waals surface area contributed by atoms with Gasteiger partial charge in [0, 0.05) is 18.6 Å². The van der Waals surface area contributed by atoms with Crippen LogP contribution in [0.3, 0.4) is 0 Å². The number of morpholine rings is 1.